The van der Waals surface area contributed by atoms with E-state index in [1.54, 1.807) is 6.07 Å². The van der Waals surface area contributed by atoms with Gasteiger partial charge in [0.2, 0.25) is 0 Å². The van der Waals surface area contributed by atoms with Crippen LogP contribution in [0.5, 0.6) is 0 Å². The fourth-order valence-corrected chi connectivity index (χ4v) is 2.35. The number of nitrogens with one attached hydrogen (secondary N) is 1. The van der Waals surface area contributed by atoms with Crippen molar-refractivity contribution in [2.45, 2.75) is 6.42 Å². The molecule has 1 heterocycles. The molecule has 1 aromatic rings. The highest BCUT2D eigenvalue weighted by molar-refractivity contribution is 6.36. The van der Waals surface area contributed by atoms with Crippen LogP contribution in [0.15, 0.2) is 18.2 Å². The standard InChI is InChI=1S/C11H14Cl2N2.ClH/c12-9-2-3-11(10(13)8-9)15-6-1-4-14-5-7-15;/h2-3,8,14H,1,4-7H2;1H. The molecule has 0 aromatic heterocycles. The van der Waals surface area contributed by atoms with Crippen LogP contribution >= 0.6 is 35.6 Å². The molecule has 0 radical (unpaired) electrons. The summed E-state index contributed by atoms with van der Waals surface area (Å²) < 4.78 is 0. The molecule has 1 aromatic carbocycles. The van der Waals surface area contributed by atoms with E-state index in [4.69, 9.17) is 23.2 Å². The van der Waals surface area contributed by atoms with Gasteiger partial charge in [-0.1, -0.05) is 23.2 Å². The SMILES string of the molecule is Cl.Clc1ccc(N2CCCNCC2)c(Cl)c1. The van der Waals surface area contributed by atoms with Gasteiger partial charge in [0, 0.05) is 24.7 Å². The van der Waals surface area contributed by atoms with E-state index in [2.05, 4.69) is 10.2 Å². The van der Waals surface area contributed by atoms with Crippen molar-refractivity contribution in [1.29, 1.82) is 0 Å². The number of anilines is 1. The number of hydrogen-bond donors (Lipinski definition) is 1. The summed E-state index contributed by atoms with van der Waals surface area (Å²) in [4.78, 5) is 2.30. The second kappa shape index (κ2) is 6.55. The quantitative estimate of drug-likeness (QED) is 0.850. The minimum Gasteiger partial charge on any atom is -0.369 e. The highest BCUT2D eigenvalue weighted by atomic mass is 35.5. The topological polar surface area (TPSA) is 15.3 Å². The lowest BCUT2D eigenvalue weighted by Gasteiger charge is -2.23. The molecule has 1 fully saturated rings. The highest BCUT2D eigenvalue weighted by Gasteiger charge is 2.12. The molecule has 1 saturated heterocycles. The molecular weight excluding hydrogens is 266 g/mol. The van der Waals surface area contributed by atoms with Crippen LogP contribution in [0.4, 0.5) is 5.69 Å². The van der Waals surface area contributed by atoms with E-state index >= 15 is 0 Å². The molecule has 0 amide bonds. The van der Waals surface area contributed by atoms with Gasteiger partial charge in [-0.2, -0.15) is 0 Å². The van der Waals surface area contributed by atoms with Crippen molar-refractivity contribution in [3.8, 4) is 0 Å². The molecule has 2 rings (SSSR count). The zero-order chi connectivity index (χ0) is 10.7. The largest absolute Gasteiger partial charge is 0.369 e. The van der Waals surface area contributed by atoms with Gasteiger partial charge in [-0.15, -0.1) is 12.4 Å². The van der Waals surface area contributed by atoms with Gasteiger partial charge < -0.3 is 10.2 Å². The van der Waals surface area contributed by atoms with E-state index in [0.29, 0.717) is 5.02 Å². The molecule has 1 aliphatic heterocycles. The Labute approximate surface area is 112 Å². The van der Waals surface area contributed by atoms with Crippen LogP contribution in [0.25, 0.3) is 0 Å². The second-order valence-electron chi connectivity index (χ2n) is 3.69. The van der Waals surface area contributed by atoms with Crippen molar-refractivity contribution in [2.24, 2.45) is 0 Å². The first-order valence-corrected chi connectivity index (χ1v) is 5.94. The molecule has 0 atom stereocenters. The van der Waals surface area contributed by atoms with E-state index in [1.165, 1.54) is 0 Å². The predicted molar refractivity (Wildman–Crippen MR) is 73.4 cm³/mol. The van der Waals surface area contributed by atoms with Crippen LogP contribution in [0.2, 0.25) is 10.0 Å². The van der Waals surface area contributed by atoms with Gasteiger partial charge in [0.05, 0.1) is 10.7 Å². The lowest BCUT2D eigenvalue weighted by molar-refractivity contribution is 0.724. The average molecular weight is 282 g/mol. The van der Waals surface area contributed by atoms with Crippen molar-refractivity contribution in [1.82, 2.24) is 5.32 Å². The van der Waals surface area contributed by atoms with Crippen molar-refractivity contribution in [2.75, 3.05) is 31.1 Å². The number of halogens is 3. The first-order chi connectivity index (χ1) is 7.27. The lowest BCUT2D eigenvalue weighted by Crippen LogP contribution is -2.27. The van der Waals surface area contributed by atoms with Crippen LogP contribution in [-0.4, -0.2) is 26.2 Å². The smallest absolute Gasteiger partial charge is 0.0654 e. The predicted octanol–water partition coefficient (Wildman–Crippen LogP) is 3.21. The Balaban J connectivity index is 0.00000128. The number of rotatable bonds is 1. The normalized spacial score (nSPS) is 16.5. The van der Waals surface area contributed by atoms with Gasteiger partial charge in [-0.05, 0) is 31.2 Å². The highest BCUT2D eigenvalue weighted by Crippen LogP contribution is 2.28. The van der Waals surface area contributed by atoms with Gasteiger partial charge in [0.25, 0.3) is 0 Å². The minimum atomic E-state index is 0. The molecule has 0 spiro atoms. The zero-order valence-electron chi connectivity index (χ0n) is 8.88. The molecule has 0 bridgehead atoms. The average Bonchev–Trinajstić information content (AvgIpc) is 2.46. The van der Waals surface area contributed by atoms with Gasteiger partial charge >= 0.3 is 0 Å². The molecule has 90 valence electrons. The van der Waals surface area contributed by atoms with Gasteiger partial charge in [0.15, 0.2) is 0 Å². The van der Waals surface area contributed by atoms with E-state index in [-0.39, 0.29) is 12.4 Å². The van der Waals surface area contributed by atoms with Gasteiger partial charge in [-0.25, -0.2) is 0 Å². The third-order valence-corrected chi connectivity index (χ3v) is 3.13. The molecule has 2 nitrogen and oxygen atoms in total. The first-order valence-electron chi connectivity index (χ1n) is 5.18. The summed E-state index contributed by atoms with van der Waals surface area (Å²) >= 11 is 12.0. The summed E-state index contributed by atoms with van der Waals surface area (Å²) in [7, 11) is 0. The zero-order valence-corrected chi connectivity index (χ0v) is 11.2. The monoisotopic (exact) mass is 280 g/mol. The summed E-state index contributed by atoms with van der Waals surface area (Å²) in [5.74, 6) is 0. The third kappa shape index (κ3) is 3.42. The van der Waals surface area contributed by atoms with Crippen molar-refractivity contribution in [3.63, 3.8) is 0 Å². The summed E-state index contributed by atoms with van der Waals surface area (Å²) in [5, 5.41) is 4.80. The molecule has 5 heteroatoms. The second-order valence-corrected chi connectivity index (χ2v) is 4.53. The van der Waals surface area contributed by atoms with E-state index in [9.17, 15) is 0 Å². The first kappa shape index (κ1) is 13.9. The Kier molecular flexibility index (Phi) is 5.70. The Morgan fingerprint density at radius 3 is 2.69 bits per heavy atom. The fraction of sp³-hybridized carbons (Fsp3) is 0.455. The maximum atomic E-state index is 6.17. The van der Waals surface area contributed by atoms with E-state index in [1.807, 2.05) is 12.1 Å². The van der Waals surface area contributed by atoms with Crippen molar-refractivity contribution >= 4 is 41.3 Å². The molecule has 0 saturated carbocycles. The molecule has 16 heavy (non-hydrogen) atoms. The fourth-order valence-electron chi connectivity index (χ4n) is 1.82. The van der Waals surface area contributed by atoms with Crippen LogP contribution in [0, 0.1) is 0 Å². The van der Waals surface area contributed by atoms with Gasteiger partial charge in [-0.3, -0.25) is 0 Å². The Morgan fingerprint density at radius 2 is 1.94 bits per heavy atom. The maximum Gasteiger partial charge on any atom is 0.0654 e. The Hall–Kier alpha value is -0.150. The lowest BCUT2D eigenvalue weighted by atomic mass is 10.2. The molecule has 1 N–H and O–H groups in total. The molecule has 0 unspecified atom stereocenters. The summed E-state index contributed by atoms with van der Waals surface area (Å²) in [6, 6.07) is 5.69. The molecular formula is C11H15Cl3N2. The Morgan fingerprint density at radius 1 is 1.12 bits per heavy atom. The van der Waals surface area contributed by atoms with E-state index in [0.717, 1.165) is 43.3 Å². The van der Waals surface area contributed by atoms with Crippen molar-refractivity contribution < 1.29 is 0 Å². The molecule has 0 aliphatic carbocycles. The van der Waals surface area contributed by atoms with Crippen molar-refractivity contribution in [3.05, 3.63) is 28.2 Å². The Bertz CT molecular complexity index is 336. The van der Waals surface area contributed by atoms with Crippen LogP contribution in [0.3, 0.4) is 0 Å². The van der Waals surface area contributed by atoms with Crippen LogP contribution < -0.4 is 10.2 Å². The molecule has 1 aliphatic rings. The van der Waals surface area contributed by atoms with Gasteiger partial charge in [0.1, 0.15) is 0 Å². The maximum absolute atomic E-state index is 6.17. The minimum absolute atomic E-state index is 0. The van der Waals surface area contributed by atoms with E-state index < -0.39 is 0 Å². The summed E-state index contributed by atoms with van der Waals surface area (Å²) in [6.45, 7) is 4.15. The summed E-state index contributed by atoms with van der Waals surface area (Å²) in [6.07, 6.45) is 1.15. The number of nitrogens with zero attached hydrogens (tertiary/aromatic N) is 1. The number of benzene rings is 1. The van der Waals surface area contributed by atoms with Crippen LogP contribution in [0.1, 0.15) is 6.42 Å². The third-order valence-electron chi connectivity index (χ3n) is 2.59. The summed E-state index contributed by atoms with van der Waals surface area (Å²) in [5.41, 5.74) is 1.09. The van der Waals surface area contributed by atoms with Crippen LogP contribution in [-0.2, 0) is 0 Å². The number of hydrogen-bond acceptors (Lipinski definition) is 2.